The third kappa shape index (κ3) is 2.63. The van der Waals surface area contributed by atoms with E-state index in [1.54, 1.807) is 0 Å². The van der Waals surface area contributed by atoms with E-state index in [1.165, 1.54) is 16.7 Å². The normalized spacial score (nSPS) is 22.9. The van der Waals surface area contributed by atoms with E-state index in [0.717, 1.165) is 43.2 Å². The summed E-state index contributed by atoms with van der Waals surface area (Å²) in [5.41, 5.74) is 7.81. The molecule has 2 atom stereocenters. The lowest BCUT2D eigenvalue weighted by atomic mass is 9.90. The molecule has 3 N–H and O–H groups in total. The minimum atomic E-state index is -1.27. The summed E-state index contributed by atoms with van der Waals surface area (Å²) in [6, 6.07) is 1.50. The number of aromatic carboxylic acids is 1. The molecule has 6 heteroatoms. The first-order chi connectivity index (χ1) is 12.4. The molecule has 0 spiro atoms. The lowest BCUT2D eigenvalue weighted by molar-refractivity contribution is 0.0694. The summed E-state index contributed by atoms with van der Waals surface area (Å²) in [6.45, 7) is 2.47. The summed E-state index contributed by atoms with van der Waals surface area (Å²) in [5, 5.41) is 9.35. The molecule has 2 fully saturated rings. The zero-order chi connectivity index (χ0) is 18.6. The van der Waals surface area contributed by atoms with Crippen molar-refractivity contribution in [1.82, 2.24) is 4.40 Å². The van der Waals surface area contributed by atoms with Gasteiger partial charge in [-0.1, -0.05) is 0 Å². The number of carboxylic acids is 1. The third-order valence-corrected chi connectivity index (χ3v) is 6.05. The van der Waals surface area contributed by atoms with Crippen molar-refractivity contribution < 1.29 is 14.3 Å². The number of carbonyl (C=O) groups is 1. The van der Waals surface area contributed by atoms with Gasteiger partial charge in [0.1, 0.15) is 11.4 Å². The number of hydrogen-bond donors (Lipinski definition) is 2. The van der Waals surface area contributed by atoms with E-state index in [0.29, 0.717) is 23.5 Å². The SMILES string of the molecule is Cc1c([C@@H]2CCC(CN)C2)c(F)cn2c(=O)c(C(=O)O)cc(C3CC3)c12. The molecule has 0 saturated heterocycles. The van der Waals surface area contributed by atoms with Crippen molar-refractivity contribution >= 4 is 11.5 Å². The number of pyridine rings is 2. The first-order valence-electron chi connectivity index (χ1n) is 9.24. The summed E-state index contributed by atoms with van der Waals surface area (Å²) < 4.78 is 16.2. The highest BCUT2D eigenvalue weighted by Crippen LogP contribution is 2.45. The van der Waals surface area contributed by atoms with Gasteiger partial charge in [0.2, 0.25) is 0 Å². The van der Waals surface area contributed by atoms with E-state index in [9.17, 15) is 19.1 Å². The molecule has 5 nitrogen and oxygen atoms in total. The van der Waals surface area contributed by atoms with Crippen LogP contribution in [0.2, 0.25) is 0 Å². The molecule has 0 bridgehead atoms. The smallest absolute Gasteiger partial charge is 0.341 e. The molecule has 0 amide bonds. The van der Waals surface area contributed by atoms with E-state index in [4.69, 9.17) is 5.73 Å². The second-order valence-electron chi connectivity index (χ2n) is 7.74. The summed E-state index contributed by atoms with van der Waals surface area (Å²) in [4.78, 5) is 24.1. The van der Waals surface area contributed by atoms with Gasteiger partial charge in [-0.15, -0.1) is 0 Å². The van der Waals surface area contributed by atoms with E-state index in [-0.39, 0.29) is 17.4 Å². The van der Waals surface area contributed by atoms with Crippen LogP contribution in [0.25, 0.3) is 5.52 Å². The van der Waals surface area contributed by atoms with Crippen LogP contribution >= 0.6 is 0 Å². The standard InChI is InChI=1S/C20H23FN2O3/c1-10-17(13-3-2-11(6-13)8-22)16(21)9-23-18(10)14(12-4-5-12)7-15(19(23)24)20(25)26/h7,9,11-13H,2-6,8,22H2,1H3,(H,25,26)/t11?,13-/m1/s1. The van der Waals surface area contributed by atoms with E-state index in [1.807, 2.05) is 6.92 Å². The Bertz CT molecular complexity index is 962. The van der Waals surface area contributed by atoms with Crippen LogP contribution in [0.5, 0.6) is 0 Å². The third-order valence-electron chi connectivity index (χ3n) is 6.05. The summed E-state index contributed by atoms with van der Waals surface area (Å²) in [6.07, 6.45) is 5.88. The van der Waals surface area contributed by atoms with Crippen LogP contribution in [0, 0.1) is 18.7 Å². The molecule has 2 aliphatic carbocycles. The lowest BCUT2D eigenvalue weighted by Crippen LogP contribution is -2.24. The molecular formula is C20H23FN2O3. The molecule has 2 saturated carbocycles. The molecule has 2 aromatic heterocycles. The van der Waals surface area contributed by atoms with E-state index >= 15 is 0 Å². The van der Waals surface area contributed by atoms with Crippen molar-refractivity contribution in [3.63, 3.8) is 0 Å². The van der Waals surface area contributed by atoms with Crippen LogP contribution in [-0.4, -0.2) is 22.0 Å². The number of aromatic nitrogens is 1. The predicted molar refractivity (Wildman–Crippen MR) is 96.4 cm³/mol. The van der Waals surface area contributed by atoms with Crippen molar-refractivity contribution in [3.8, 4) is 0 Å². The Balaban J connectivity index is 1.97. The molecule has 2 aromatic rings. The lowest BCUT2D eigenvalue weighted by Gasteiger charge is -2.20. The van der Waals surface area contributed by atoms with Gasteiger partial charge in [0, 0.05) is 6.20 Å². The van der Waals surface area contributed by atoms with Crippen LogP contribution in [0.3, 0.4) is 0 Å². The van der Waals surface area contributed by atoms with Gasteiger partial charge in [0.25, 0.3) is 5.56 Å². The van der Waals surface area contributed by atoms with Gasteiger partial charge < -0.3 is 10.8 Å². The molecule has 2 aliphatic rings. The van der Waals surface area contributed by atoms with Gasteiger partial charge in [0.05, 0.1) is 5.52 Å². The van der Waals surface area contributed by atoms with Crippen molar-refractivity contribution in [2.24, 2.45) is 11.7 Å². The van der Waals surface area contributed by atoms with Gasteiger partial charge in [-0.2, -0.15) is 0 Å². The minimum absolute atomic E-state index is 0.106. The molecule has 1 unspecified atom stereocenters. The first kappa shape index (κ1) is 17.2. The number of rotatable bonds is 4. The number of nitrogens with zero attached hydrogens (tertiary/aromatic N) is 1. The summed E-state index contributed by atoms with van der Waals surface area (Å²) in [5.74, 6) is -0.926. The Morgan fingerprint density at radius 1 is 1.31 bits per heavy atom. The zero-order valence-electron chi connectivity index (χ0n) is 14.8. The topological polar surface area (TPSA) is 84.8 Å². The molecule has 138 valence electrons. The van der Waals surface area contributed by atoms with Crippen LogP contribution < -0.4 is 11.3 Å². The highest BCUT2D eigenvalue weighted by molar-refractivity contribution is 5.88. The molecule has 4 rings (SSSR count). The Hall–Kier alpha value is -2.21. The molecule has 26 heavy (non-hydrogen) atoms. The highest BCUT2D eigenvalue weighted by atomic mass is 19.1. The maximum atomic E-state index is 15.0. The van der Waals surface area contributed by atoms with Gasteiger partial charge in [-0.05, 0) is 86.1 Å². The monoisotopic (exact) mass is 358 g/mol. The number of fused-ring (bicyclic) bond motifs is 1. The van der Waals surface area contributed by atoms with Gasteiger partial charge in [-0.25, -0.2) is 9.18 Å². The number of carboxylic acid groups (broad SMARTS) is 1. The Kier molecular flexibility index (Phi) is 4.10. The maximum Gasteiger partial charge on any atom is 0.341 e. The van der Waals surface area contributed by atoms with E-state index in [2.05, 4.69) is 0 Å². The minimum Gasteiger partial charge on any atom is -0.477 e. The van der Waals surface area contributed by atoms with Gasteiger partial charge in [-0.3, -0.25) is 9.20 Å². The van der Waals surface area contributed by atoms with Crippen molar-refractivity contribution in [1.29, 1.82) is 0 Å². The largest absolute Gasteiger partial charge is 0.477 e. The van der Waals surface area contributed by atoms with Crippen LogP contribution in [0.4, 0.5) is 4.39 Å². The van der Waals surface area contributed by atoms with Crippen molar-refractivity contribution in [2.75, 3.05) is 6.54 Å². The fourth-order valence-corrected chi connectivity index (χ4v) is 4.58. The average molecular weight is 358 g/mol. The fraction of sp³-hybridized carbons (Fsp3) is 0.500. The Labute approximate surface area is 150 Å². The second kappa shape index (κ2) is 6.20. The van der Waals surface area contributed by atoms with Crippen molar-refractivity contribution in [2.45, 2.75) is 50.9 Å². The van der Waals surface area contributed by atoms with E-state index < -0.39 is 17.3 Å². The summed E-state index contributed by atoms with van der Waals surface area (Å²) >= 11 is 0. The molecule has 2 heterocycles. The van der Waals surface area contributed by atoms with Crippen LogP contribution in [0.15, 0.2) is 17.1 Å². The highest BCUT2D eigenvalue weighted by Gasteiger charge is 2.33. The fourth-order valence-electron chi connectivity index (χ4n) is 4.58. The number of nitrogens with two attached hydrogens (primary N) is 1. The Morgan fingerprint density at radius 3 is 2.58 bits per heavy atom. The first-order valence-corrected chi connectivity index (χ1v) is 9.24. The molecular weight excluding hydrogens is 335 g/mol. The van der Waals surface area contributed by atoms with Gasteiger partial charge >= 0.3 is 5.97 Å². The second-order valence-corrected chi connectivity index (χ2v) is 7.74. The number of hydrogen-bond acceptors (Lipinski definition) is 3. The van der Waals surface area contributed by atoms with Crippen LogP contribution in [0.1, 0.15) is 71.0 Å². The average Bonchev–Trinajstić information content (AvgIpc) is 3.33. The predicted octanol–water partition coefficient (Wildman–Crippen LogP) is 3.17. The molecule has 0 radical (unpaired) electrons. The molecule has 0 aliphatic heterocycles. The maximum absolute atomic E-state index is 15.0. The zero-order valence-corrected chi connectivity index (χ0v) is 14.8. The quantitative estimate of drug-likeness (QED) is 0.879. The molecule has 0 aromatic carbocycles. The van der Waals surface area contributed by atoms with Crippen LogP contribution in [-0.2, 0) is 0 Å². The number of aryl methyl sites for hydroxylation is 1. The van der Waals surface area contributed by atoms with Crippen molar-refractivity contribution in [3.05, 3.63) is 50.7 Å². The van der Waals surface area contributed by atoms with Gasteiger partial charge in [0.15, 0.2) is 0 Å². The Morgan fingerprint density at radius 2 is 2.00 bits per heavy atom. The number of halogens is 1. The summed E-state index contributed by atoms with van der Waals surface area (Å²) in [7, 11) is 0.